The lowest BCUT2D eigenvalue weighted by Crippen LogP contribution is -2.53. The second-order valence-electron chi connectivity index (χ2n) is 7.61. The van der Waals surface area contributed by atoms with Gasteiger partial charge in [-0.15, -0.1) is 0 Å². The lowest BCUT2D eigenvalue weighted by molar-refractivity contribution is -0.139. The number of hydrogen-bond donors (Lipinski definition) is 0. The number of piperazine rings is 1. The molecule has 0 saturated carbocycles. The first-order chi connectivity index (χ1) is 14.8. The van der Waals surface area contributed by atoms with Crippen LogP contribution in [0.3, 0.4) is 0 Å². The van der Waals surface area contributed by atoms with Gasteiger partial charge >= 0.3 is 0 Å². The van der Waals surface area contributed by atoms with E-state index in [1.165, 1.54) is 16.4 Å². The molecule has 2 aromatic carbocycles. The van der Waals surface area contributed by atoms with Crippen LogP contribution in [0, 0.1) is 6.92 Å². The van der Waals surface area contributed by atoms with Crippen molar-refractivity contribution < 1.29 is 27.4 Å². The van der Waals surface area contributed by atoms with E-state index in [-0.39, 0.29) is 23.9 Å². The van der Waals surface area contributed by atoms with Gasteiger partial charge in [0.1, 0.15) is 19.0 Å². The second kappa shape index (κ2) is 8.76. The first-order valence-corrected chi connectivity index (χ1v) is 11.7. The molecule has 8 nitrogen and oxygen atoms in total. The van der Waals surface area contributed by atoms with E-state index in [0.717, 1.165) is 5.56 Å². The number of fused-ring (bicyclic) bond motifs is 1. The van der Waals surface area contributed by atoms with Gasteiger partial charge in [0.15, 0.2) is 17.6 Å². The fraction of sp³-hybridized carbons (Fsp3) is 0.409. The molecule has 0 N–H and O–H groups in total. The monoisotopic (exact) mass is 446 g/mol. The Morgan fingerprint density at radius 1 is 1.00 bits per heavy atom. The van der Waals surface area contributed by atoms with Gasteiger partial charge in [-0.3, -0.25) is 4.79 Å². The zero-order chi connectivity index (χ0) is 22.0. The average Bonchev–Trinajstić information content (AvgIpc) is 2.78. The van der Waals surface area contributed by atoms with Crippen molar-refractivity contribution in [3.05, 3.63) is 48.0 Å². The van der Waals surface area contributed by atoms with Crippen molar-refractivity contribution in [2.45, 2.75) is 24.8 Å². The third kappa shape index (κ3) is 4.62. The Balaban J connectivity index is 1.38. The molecule has 1 saturated heterocycles. The number of rotatable bonds is 5. The summed E-state index contributed by atoms with van der Waals surface area (Å²) in [6.07, 6.45) is -0.650. The van der Waals surface area contributed by atoms with Crippen LogP contribution in [0.4, 0.5) is 0 Å². The quantitative estimate of drug-likeness (QED) is 0.699. The Hall–Kier alpha value is -2.78. The second-order valence-corrected chi connectivity index (χ2v) is 9.55. The summed E-state index contributed by atoms with van der Waals surface area (Å²) in [6.45, 7) is 5.57. The molecule has 2 aliphatic heterocycles. The van der Waals surface area contributed by atoms with Crippen molar-refractivity contribution in [3.8, 4) is 17.2 Å². The number of benzene rings is 2. The topological polar surface area (TPSA) is 85.4 Å². The van der Waals surface area contributed by atoms with Crippen molar-refractivity contribution >= 4 is 15.9 Å². The van der Waals surface area contributed by atoms with Crippen LogP contribution in [0.2, 0.25) is 0 Å². The smallest absolute Gasteiger partial charge is 0.263 e. The fourth-order valence-corrected chi connectivity index (χ4v) is 5.12. The first kappa shape index (κ1) is 21.5. The van der Waals surface area contributed by atoms with E-state index in [0.29, 0.717) is 43.6 Å². The van der Waals surface area contributed by atoms with Crippen molar-refractivity contribution in [3.63, 3.8) is 0 Å². The Bertz CT molecular complexity index is 1060. The molecule has 0 bridgehead atoms. The summed E-state index contributed by atoms with van der Waals surface area (Å²) in [5, 5.41) is 0. The van der Waals surface area contributed by atoms with Gasteiger partial charge in [-0.1, -0.05) is 12.1 Å². The molecule has 2 heterocycles. The standard InChI is InChI=1S/C22H26N2O6S/c1-16-4-3-5-18(14-16)30-17(2)22(25)23-8-10-24(11-9-23)31(26,27)19-6-7-20-21(15-19)29-13-12-28-20/h3-7,14-15,17H,8-13H2,1-2H3/t17-/m1/s1. The molecule has 9 heteroatoms. The molecule has 2 aromatic rings. The number of amides is 1. The highest BCUT2D eigenvalue weighted by atomic mass is 32.2. The van der Waals surface area contributed by atoms with E-state index >= 15 is 0 Å². The van der Waals surface area contributed by atoms with Crippen LogP contribution < -0.4 is 14.2 Å². The van der Waals surface area contributed by atoms with Crippen molar-refractivity contribution in [1.82, 2.24) is 9.21 Å². The van der Waals surface area contributed by atoms with Gasteiger partial charge in [-0.05, 0) is 43.7 Å². The number of ether oxygens (including phenoxy) is 3. The highest BCUT2D eigenvalue weighted by Crippen LogP contribution is 2.33. The molecule has 0 radical (unpaired) electrons. The molecule has 2 aliphatic rings. The number of nitrogens with zero attached hydrogens (tertiary/aromatic N) is 2. The summed E-state index contributed by atoms with van der Waals surface area (Å²) >= 11 is 0. The molecule has 0 aliphatic carbocycles. The first-order valence-electron chi connectivity index (χ1n) is 10.3. The summed E-state index contributed by atoms with van der Waals surface area (Å²) in [6, 6.07) is 12.2. The minimum Gasteiger partial charge on any atom is -0.486 e. The number of hydrogen-bond acceptors (Lipinski definition) is 6. The van der Waals surface area contributed by atoms with E-state index in [1.807, 2.05) is 31.2 Å². The number of sulfonamides is 1. The molecule has 1 atom stereocenters. The third-order valence-corrected chi connectivity index (χ3v) is 7.25. The molecule has 166 valence electrons. The van der Waals surface area contributed by atoms with Crippen molar-refractivity contribution in [2.24, 2.45) is 0 Å². The van der Waals surface area contributed by atoms with Crippen LogP contribution in [0.15, 0.2) is 47.4 Å². The molecule has 4 rings (SSSR count). The van der Waals surface area contributed by atoms with Crippen LogP contribution in [0.25, 0.3) is 0 Å². The molecule has 1 amide bonds. The van der Waals surface area contributed by atoms with Crippen LogP contribution in [0.1, 0.15) is 12.5 Å². The summed E-state index contributed by atoms with van der Waals surface area (Å²) in [4.78, 5) is 14.6. The fourth-order valence-electron chi connectivity index (χ4n) is 3.68. The lowest BCUT2D eigenvalue weighted by atomic mass is 10.2. The molecule has 31 heavy (non-hydrogen) atoms. The maximum absolute atomic E-state index is 13.1. The number of carbonyl (C=O) groups excluding carboxylic acids is 1. The Morgan fingerprint density at radius 3 is 2.42 bits per heavy atom. The van der Waals surface area contributed by atoms with Crippen LogP contribution in [-0.2, 0) is 14.8 Å². The molecule has 0 spiro atoms. The maximum atomic E-state index is 13.1. The van der Waals surface area contributed by atoms with Crippen LogP contribution in [-0.4, -0.2) is 69.0 Å². The van der Waals surface area contributed by atoms with Gasteiger partial charge in [0.05, 0.1) is 4.90 Å². The van der Waals surface area contributed by atoms with Gasteiger partial charge in [-0.25, -0.2) is 8.42 Å². The normalized spacial score (nSPS) is 17.8. The van der Waals surface area contributed by atoms with Gasteiger partial charge in [0, 0.05) is 32.2 Å². The zero-order valence-electron chi connectivity index (χ0n) is 17.6. The highest BCUT2D eigenvalue weighted by Gasteiger charge is 2.32. The number of carbonyl (C=O) groups is 1. The summed E-state index contributed by atoms with van der Waals surface area (Å²) < 4.78 is 44.3. The average molecular weight is 447 g/mol. The van der Waals surface area contributed by atoms with Crippen molar-refractivity contribution in [1.29, 1.82) is 0 Å². The minimum absolute atomic E-state index is 0.155. The minimum atomic E-state index is -3.69. The molecule has 0 aromatic heterocycles. The van der Waals surface area contributed by atoms with Gasteiger partial charge in [0.2, 0.25) is 10.0 Å². The van der Waals surface area contributed by atoms with E-state index < -0.39 is 16.1 Å². The third-order valence-electron chi connectivity index (χ3n) is 5.35. The lowest BCUT2D eigenvalue weighted by Gasteiger charge is -2.35. The van der Waals surface area contributed by atoms with E-state index in [1.54, 1.807) is 17.9 Å². The van der Waals surface area contributed by atoms with Crippen LogP contribution in [0.5, 0.6) is 17.2 Å². The highest BCUT2D eigenvalue weighted by molar-refractivity contribution is 7.89. The predicted octanol–water partition coefficient (Wildman–Crippen LogP) is 2.07. The molecule has 0 unspecified atom stereocenters. The van der Waals surface area contributed by atoms with Gasteiger partial charge < -0.3 is 19.1 Å². The SMILES string of the molecule is Cc1cccc(O[C@H](C)C(=O)N2CCN(S(=O)(=O)c3ccc4c(c3)OCCO4)CC2)c1. The van der Waals surface area contributed by atoms with Gasteiger partial charge in [0.25, 0.3) is 5.91 Å². The van der Waals surface area contributed by atoms with E-state index in [4.69, 9.17) is 14.2 Å². The summed E-state index contributed by atoms with van der Waals surface area (Å²) in [7, 11) is -3.69. The van der Waals surface area contributed by atoms with E-state index in [2.05, 4.69) is 0 Å². The Morgan fingerprint density at radius 2 is 1.71 bits per heavy atom. The molecule has 1 fully saturated rings. The zero-order valence-corrected chi connectivity index (χ0v) is 18.4. The van der Waals surface area contributed by atoms with Crippen molar-refractivity contribution in [2.75, 3.05) is 39.4 Å². The van der Waals surface area contributed by atoms with Crippen LogP contribution >= 0.6 is 0 Å². The number of aryl methyl sites for hydroxylation is 1. The summed E-state index contributed by atoms with van der Waals surface area (Å²) in [5.41, 5.74) is 1.05. The Kier molecular flexibility index (Phi) is 6.06. The molecular weight excluding hydrogens is 420 g/mol. The van der Waals surface area contributed by atoms with Gasteiger partial charge in [-0.2, -0.15) is 4.31 Å². The molecular formula is C22H26N2O6S. The predicted molar refractivity (Wildman–Crippen MR) is 114 cm³/mol. The van der Waals surface area contributed by atoms with E-state index in [9.17, 15) is 13.2 Å². The maximum Gasteiger partial charge on any atom is 0.263 e. The Labute approximate surface area is 182 Å². The largest absolute Gasteiger partial charge is 0.486 e. The summed E-state index contributed by atoms with van der Waals surface area (Å²) in [5.74, 6) is 1.46.